The van der Waals surface area contributed by atoms with Gasteiger partial charge in [0.1, 0.15) is 5.82 Å². The third-order valence-electron chi connectivity index (χ3n) is 3.27. The van der Waals surface area contributed by atoms with Crippen LogP contribution in [-0.4, -0.2) is 9.97 Å². The lowest BCUT2D eigenvalue weighted by Gasteiger charge is -2.06. The molecule has 0 amide bonds. The molecule has 0 saturated carbocycles. The zero-order chi connectivity index (χ0) is 15.0. The van der Waals surface area contributed by atoms with E-state index in [9.17, 15) is 13.2 Å². The number of imidazole rings is 1. The fourth-order valence-electron chi connectivity index (χ4n) is 2.14. The summed E-state index contributed by atoms with van der Waals surface area (Å²) in [5.41, 5.74) is 8.03. The minimum Gasteiger partial charge on any atom is -0.338 e. The smallest absolute Gasteiger partial charge is 0.338 e. The molecular formula is C15H12F3N3. The predicted molar refractivity (Wildman–Crippen MR) is 74.4 cm³/mol. The molecule has 3 rings (SSSR count). The van der Waals surface area contributed by atoms with Crippen molar-refractivity contribution in [3.63, 3.8) is 0 Å². The summed E-state index contributed by atoms with van der Waals surface area (Å²) in [7, 11) is 0. The highest BCUT2D eigenvalue weighted by molar-refractivity contribution is 5.80. The summed E-state index contributed by atoms with van der Waals surface area (Å²) in [6, 6.07) is 10.5. The van der Waals surface area contributed by atoms with E-state index in [0.29, 0.717) is 17.9 Å². The van der Waals surface area contributed by atoms with Crippen molar-refractivity contribution in [1.29, 1.82) is 0 Å². The molecule has 0 aliphatic heterocycles. The second-order valence-corrected chi connectivity index (χ2v) is 4.72. The van der Waals surface area contributed by atoms with Gasteiger partial charge >= 0.3 is 6.18 Å². The number of aromatic nitrogens is 2. The van der Waals surface area contributed by atoms with Crippen LogP contribution in [0.15, 0.2) is 42.5 Å². The minimum absolute atomic E-state index is 0.421. The molecule has 3 N–H and O–H groups in total. The van der Waals surface area contributed by atoms with E-state index in [1.54, 1.807) is 0 Å². The van der Waals surface area contributed by atoms with Crippen LogP contribution < -0.4 is 5.73 Å². The topological polar surface area (TPSA) is 54.7 Å². The van der Waals surface area contributed by atoms with Crippen LogP contribution in [0.2, 0.25) is 0 Å². The lowest BCUT2D eigenvalue weighted by Crippen LogP contribution is -2.04. The Morgan fingerprint density at radius 1 is 1.05 bits per heavy atom. The van der Waals surface area contributed by atoms with Crippen molar-refractivity contribution in [2.75, 3.05) is 0 Å². The van der Waals surface area contributed by atoms with Gasteiger partial charge in [0.05, 0.1) is 16.6 Å². The van der Waals surface area contributed by atoms with Crippen molar-refractivity contribution >= 4 is 11.0 Å². The molecule has 2 aromatic carbocycles. The molecule has 0 aliphatic carbocycles. The van der Waals surface area contributed by atoms with Crippen molar-refractivity contribution in [1.82, 2.24) is 9.97 Å². The third-order valence-corrected chi connectivity index (χ3v) is 3.27. The number of nitrogens with zero attached hydrogens (tertiary/aromatic N) is 1. The number of rotatable bonds is 2. The molecule has 6 heteroatoms. The number of hydrogen-bond donors (Lipinski definition) is 2. The van der Waals surface area contributed by atoms with Crippen molar-refractivity contribution < 1.29 is 13.2 Å². The lowest BCUT2D eigenvalue weighted by atomic mass is 10.1. The first-order chi connectivity index (χ1) is 9.97. The first kappa shape index (κ1) is 13.6. The maximum atomic E-state index is 12.5. The summed E-state index contributed by atoms with van der Waals surface area (Å²) < 4.78 is 37.6. The average Bonchev–Trinajstić information content (AvgIpc) is 2.89. The Labute approximate surface area is 118 Å². The second kappa shape index (κ2) is 4.89. The van der Waals surface area contributed by atoms with Gasteiger partial charge < -0.3 is 10.7 Å². The van der Waals surface area contributed by atoms with Gasteiger partial charge in [-0.05, 0) is 29.8 Å². The summed E-state index contributed by atoms with van der Waals surface area (Å²) >= 11 is 0. The molecule has 1 heterocycles. The number of H-pyrrole nitrogens is 1. The van der Waals surface area contributed by atoms with E-state index in [-0.39, 0.29) is 0 Å². The fraction of sp³-hybridized carbons (Fsp3) is 0.133. The van der Waals surface area contributed by atoms with E-state index in [1.807, 2.05) is 18.2 Å². The highest BCUT2D eigenvalue weighted by atomic mass is 19.4. The monoisotopic (exact) mass is 291 g/mol. The van der Waals surface area contributed by atoms with E-state index >= 15 is 0 Å². The standard InChI is InChI=1S/C15H12F3N3/c16-15(17,18)11-4-2-10(3-5-11)14-20-12-6-1-9(8-19)7-13(12)21-14/h1-7H,8,19H2,(H,20,21). The van der Waals surface area contributed by atoms with E-state index < -0.39 is 11.7 Å². The van der Waals surface area contributed by atoms with Crippen LogP contribution in [0.5, 0.6) is 0 Å². The van der Waals surface area contributed by atoms with Gasteiger partial charge in [0.15, 0.2) is 0 Å². The van der Waals surface area contributed by atoms with Crippen molar-refractivity contribution in [2.45, 2.75) is 12.7 Å². The minimum atomic E-state index is -4.33. The van der Waals surface area contributed by atoms with Gasteiger partial charge in [0, 0.05) is 12.1 Å². The number of nitrogens with two attached hydrogens (primary N) is 1. The van der Waals surface area contributed by atoms with Gasteiger partial charge in [-0.2, -0.15) is 13.2 Å². The Morgan fingerprint density at radius 2 is 1.76 bits per heavy atom. The largest absolute Gasteiger partial charge is 0.416 e. The molecule has 3 aromatic rings. The Hall–Kier alpha value is -2.34. The lowest BCUT2D eigenvalue weighted by molar-refractivity contribution is -0.137. The van der Waals surface area contributed by atoms with E-state index in [1.165, 1.54) is 12.1 Å². The van der Waals surface area contributed by atoms with Gasteiger partial charge in [-0.3, -0.25) is 0 Å². The highest BCUT2D eigenvalue weighted by Gasteiger charge is 2.30. The number of fused-ring (bicyclic) bond motifs is 1. The fourth-order valence-corrected chi connectivity index (χ4v) is 2.14. The van der Waals surface area contributed by atoms with Crippen LogP contribution in [0.25, 0.3) is 22.4 Å². The van der Waals surface area contributed by atoms with Gasteiger partial charge in [0.25, 0.3) is 0 Å². The van der Waals surface area contributed by atoms with Crippen molar-refractivity contribution in [3.05, 3.63) is 53.6 Å². The third kappa shape index (κ3) is 2.62. The van der Waals surface area contributed by atoms with Crippen LogP contribution in [0, 0.1) is 0 Å². The molecule has 0 fully saturated rings. The molecule has 1 aromatic heterocycles. The average molecular weight is 291 g/mol. The second-order valence-electron chi connectivity index (χ2n) is 4.72. The first-order valence-corrected chi connectivity index (χ1v) is 6.34. The summed E-state index contributed by atoms with van der Waals surface area (Å²) in [6.45, 7) is 0.421. The number of hydrogen-bond acceptors (Lipinski definition) is 2. The molecule has 0 aliphatic rings. The molecule has 3 nitrogen and oxygen atoms in total. The van der Waals surface area contributed by atoms with Gasteiger partial charge in [0.2, 0.25) is 0 Å². The molecule has 0 spiro atoms. The number of nitrogens with one attached hydrogen (secondary N) is 1. The molecule has 0 radical (unpaired) electrons. The van der Waals surface area contributed by atoms with E-state index in [2.05, 4.69) is 9.97 Å². The quantitative estimate of drug-likeness (QED) is 0.756. The summed E-state index contributed by atoms with van der Waals surface area (Å²) in [5.74, 6) is 0.535. The molecule has 0 atom stereocenters. The maximum absolute atomic E-state index is 12.5. The Morgan fingerprint density at radius 3 is 2.38 bits per heavy atom. The van der Waals surface area contributed by atoms with Crippen LogP contribution in [-0.2, 0) is 12.7 Å². The summed E-state index contributed by atoms with van der Waals surface area (Å²) in [6.07, 6.45) is -4.33. The molecule has 0 saturated heterocycles. The van der Waals surface area contributed by atoms with Gasteiger partial charge in [-0.25, -0.2) is 4.98 Å². The molecular weight excluding hydrogens is 279 g/mol. The molecule has 21 heavy (non-hydrogen) atoms. The van der Waals surface area contributed by atoms with Gasteiger partial charge in [-0.1, -0.05) is 18.2 Å². The van der Waals surface area contributed by atoms with Crippen molar-refractivity contribution in [2.24, 2.45) is 5.73 Å². The molecule has 0 unspecified atom stereocenters. The molecule has 0 bridgehead atoms. The zero-order valence-corrected chi connectivity index (χ0v) is 10.9. The number of alkyl halides is 3. The van der Waals surface area contributed by atoms with Crippen LogP contribution >= 0.6 is 0 Å². The normalized spacial score (nSPS) is 12.0. The van der Waals surface area contributed by atoms with Crippen LogP contribution in [0.4, 0.5) is 13.2 Å². The van der Waals surface area contributed by atoms with Crippen molar-refractivity contribution in [3.8, 4) is 11.4 Å². The van der Waals surface area contributed by atoms with E-state index in [0.717, 1.165) is 28.7 Å². The first-order valence-electron chi connectivity index (χ1n) is 6.34. The van der Waals surface area contributed by atoms with Gasteiger partial charge in [-0.15, -0.1) is 0 Å². The predicted octanol–water partition coefficient (Wildman–Crippen LogP) is 3.71. The maximum Gasteiger partial charge on any atom is 0.416 e. The zero-order valence-electron chi connectivity index (χ0n) is 10.9. The molecule has 108 valence electrons. The number of halogens is 3. The SMILES string of the molecule is NCc1ccc2nc(-c3ccc(C(F)(F)F)cc3)[nH]c2c1. The van der Waals surface area contributed by atoms with Crippen LogP contribution in [0.1, 0.15) is 11.1 Å². The Bertz CT molecular complexity index is 773. The Kier molecular flexibility index (Phi) is 3.17. The number of aromatic amines is 1. The van der Waals surface area contributed by atoms with E-state index in [4.69, 9.17) is 5.73 Å². The summed E-state index contributed by atoms with van der Waals surface area (Å²) in [5, 5.41) is 0. The Balaban J connectivity index is 2.00. The summed E-state index contributed by atoms with van der Waals surface area (Å²) in [4.78, 5) is 7.47. The number of benzene rings is 2. The highest BCUT2D eigenvalue weighted by Crippen LogP contribution is 2.30. The van der Waals surface area contributed by atoms with Crippen LogP contribution in [0.3, 0.4) is 0 Å².